The van der Waals surface area contributed by atoms with Crippen molar-refractivity contribution >= 4 is 45.9 Å². The molecule has 1 aliphatic heterocycles. The average molecular weight is 452 g/mol. The molecule has 0 bridgehead atoms. The molecular formula is C27H21N3O2S. The van der Waals surface area contributed by atoms with Crippen LogP contribution in [0.4, 0.5) is 17.1 Å². The maximum Gasteiger partial charge on any atom is 0.230 e. The Morgan fingerprint density at radius 2 is 1.67 bits per heavy atom. The Labute approximate surface area is 195 Å². The van der Waals surface area contributed by atoms with Gasteiger partial charge < -0.3 is 10.6 Å². The van der Waals surface area contributed by atoms with E-state index < -0.39 is 0 Å². The van der Waals surface area contributed by atoms with E-state index in [1.165, 1.54) is 11.3 Å². The number of nitrogens with zero attached hydrogens (tertiary/aromatic N) is 1. The summed E-state index contributed by atoms with van der Waals surface area (Å²) >= 11 is 1.50. The van der Waals surface area contributed by atoms with Gasteiger partial charge in [0.15, 0.2) is 0 Å². The van der Waals surface area contributed by atoms with E-state index in [0.29, 0.717) is 11.4 Å². The third-order valence-electron chi connectivity index (χ3n) is 5.40. The molecule has 4 aromatic rings. The van der Waals surface area contributed by atoms with Crippen molar-refractivity contribution in [1.82, 2.24) is 0 Å². The number of rotatable bonds is 5. The van der Waals surface area contributed by atoms with E-state index in [4.69, 9.17) is 0 Å². The minimum Gasteiger partial charge on any atom is -0.326 e. The Balaban J connectivity index is 1.28. The van der Waals surface area contributed by atoms with Crippen LogP contribution in [0, 0.1) is 0 Å². The highest BCUT2D eigenvalue weighted by Crippen LogP contribution is 2.32. The number of aliphatic imine (C=N–C) groups is 1. The van der Waals surface area contributed by atoms with Crippen LogP contribution in [0.15, 0.2) is 94.6 Å². The molecule has 0 saturated heterocycles. The van der Waals surface area contributed by atoms with Crippen molar-refractivity contribution in [2.24, 2.45) is 4.99 Å². The van der Waals surface area contributed by atoms with Gasteiger partial charge >= 0.3 is 0 Å². The first kappa shape index (κ1) is 20.8. The third kappa shape index (κ3) is 4.91. The number of carbonyl (C=O) groups is 2. The fourth-order valence-corrected chi connectivity index (χ4v) is 4.47. The summed E-state index contributed by atoms with van der Waals surface area (Å²) in [5.74, 6) is -0.195. The van der Waals surface area contributed by atoms with E-state index in [9.17, 15) is 9.59 Å². The SMILES string of the molecule is O=C(Cc1ccc(-c2ccccc2)cc1)Nc1cccc(C2=Nc3cscc3NC(=O)C2)c1. The van der Waals surface area contributed by atoms with Crippen LogP contribution >= 0.6 is 11.3 Å². The number of hydrogen-bond acceptors (Lipinski definition) is 4. The third-order valence-corrected chi connectivity index (χ3v) is 6.14. The van der Waals surface area contributed by atoms with E-state index in [1.54, 1.807) is 0 Å². The molecule has 162 valence electrons. The first-order valence-corrected chi connectivity index (χ1v) is 11.6. The second kappa shape index (κ2) is 9.22. The van der Waals surface area contributed by atoms with Gasteiger partial charge in [-0.05, 0) is 34.4 Å². The fraction of sp³-hybridized carbons (Fsp3) is 0.0741. The minimum absolute atomic E-state index is 0.0970. The highest BCUT2D eigenvalue weighted by Gasteiger charge is 2.18. The van der Waals surface area contributed by atoms with Crippen LogP contribution in [0.2, 0.25) is 0 Å². The highest BCUT2D eigenvalue weighted by atomic mass is 32.1. The highest BCUT2D eigenvalue weighted by molar-refractivity contribution is 7.09. The van der Waals surface area contributed by atoms with Crippen molar-refractivity contribution in [2.45, 2.75) is 12.8 Å². The predicted molar refractivity (Wildman–Crippen MR) is 134 cm³/mol. The number of hydrogen-bond donors (Lipinski definition) is 2. The summed E-state index contributed by atoms with van der Waals surface area (Å²) in [5, 5.41) is 9.63. The monoisotopic (exact) mass is 451 g/mol. The Morgan fingerprint density at radius 1 is 0.909 bits per heavy atom. The van der Waals surface area contributed by atoms with Crippen molar-refractivity contribution < 1.29 is 9.59 Å². The number of benzene rings is 3. The van der Waals surface area contributed by atoms with Crippen molar-refractivity contribution in [3.8, 4) is 11.1 Å². The van der Waals surface area contributed by atoms with Crippen LogP contribution in [0.1, 0.15) is 17.5 Å². The van der Waals surface area contributed by atoms with Crippen molar-refractivity contribution in [3.05, 3.63) is 101 Å². The van der Waals surface area contributed by atoms with Crippen LogP contribution in [-0.2, 0) is 16.0 Å². The molecule has 0 spiro atoms. The summed E-state index contributed by atoms with van der Waals surface area (Å²) in [5.41, 5.74) is 6.88. The van der Waals surface area contributed by atoms with Crippen LogP contribution in [0.25, 0.3) is 11.1 Å². The summed E-state index contributed by atoms with van der Waals surface area (Å²) in [4.78, 5) is 29.6. The van der Waals surface area contributed by atoms with E-state index in [0.717, 1.165) is 33.6 Å². The lowest BCUT2D eigenvalue weighted by molar-refractivity contribution is -0.116. The average Bonchev–Trinajstić information content (AvgIpc) is 3.19. The molecular weight excluding hydrogens is 430 g/mol. The Bertz CT molecular complexity index is 1340. The first-order valence-electron chi connectivity index (χ1n) is 10.6. The van der Waals surface area contributed by atoms with E-state index in [1.807, 2.05) is 77.5 Å². The molecule has 33 heavy (non-hydrogen) atoms. The molecule has 2 heterocycles. The van der Waals surface area contributed by atoms with Gasteiger partial charge in [0.05, 0.1) is 29.9 Å². The molecule has 2 amide bonds. The number of thiophene rings is 1. The zero-order chi connectivity index (χ0) is 22.6. The van der Waals surface area contributed by atoms with Crippen LogP contribution in [0.3, 0.4) is 0 Å². The van der Waals surface area contributed by atoms with Crippen LogP contribution in [-0.4, -0.2) is 17.5 Å². The second-order valence-electron chi connectivity index (χ2n) is 7.82. The van der Waals surface area contributed by atoms with Crippen molar-refractivity contribution in [3.63, 3.8) is 0 Å². The fourth-order valence-electron chi connectivity index (χ4n) is 3.78. The summed E-state index contributed by atoms with van der Waals surface area (Å²) in [6, 6.07) is 25.6. The molecule has 0 fully saturated rings. The molecule has 0 atom stereocenters. The van der Waals surface area contributed by atoms with Gasteiger partial charge in [-0.2, -0.15) is 0 Å². The molecule has 0 unspecified atom stereocenters. The topological polar surface area (TPSA) is 70.6 Å². The molecule has 3 aromatic carbocycles. The molecule has 0 aliphatic carbocycles. The zero-order valence-corrected chi connectivity index (χ0v) is 18.6. The van der Waals surface area contributed by atoms with Gasteiger partial charge in [0.2, 0.25) is 11.8 Å². The largest absolute Gasteiger partial charge is 0.326 e. The van der Waals surface area contributed by atoms with Gasteiger partial charge in [-0.3, -0.25) is 9.59 Å². The zero-order valence-electron chi connectivity index (χ0n) is 17.7. The molecule has 5 nitrogen and oxygen atoms in total. The summed E-state index contributed by atoms with van der Waals surface area (Å²) in [7, 11) is 0. The minimum atomic E-state index is -0.0979. The molecule has 6 heteroatoms. The van der Waals surface area contributed by atoms with Crippen LogP contribution < -0.4 is 10.6 Å². The number of anilines is 2. The lowest BCUT2D eigenvalue weighted by Crippen LogP contribution is -2.16. The van der Waals surface area contributed by atoms with Gasteiger partial charge in [-0.1, -0.05) is 66.7 Å². The lowest BCUT2D eigenvalue weighted by Gasteiger charge is -2.09. The van der Waals surface area contributed by atoms with Crippen molar-refractivity contribution in [1.29, 1.82) is 0 Å². The van der Waals surface area contributed by atoms with Gasteiger partial charge in [0, 0.05) is 16.4 Å². The summed E-state index contributed by atoms with van der Waals surface area (Å²) < 4.78 is 0. The van der Waals surface area contributed by atoms with Gasteiger partial charge in [-0.25, -0.2) is 4.99 Å². The van der Waals surface area contributed by atoms with E-state index in [-0.39, 0.29) is 24.7 Å². The molecule has 5 rings (SSSR count). The summed E-state index contributed by atoms with van der Waals surface area (Å²) in [6.07, 6.45) is 0.464. The lowest BCUT2D eigenvalue weighted by atomic mass is 10.0. The standard InChI is InChI=1S/C27H21N3O2S/c31-26(13-18-9-11-20(12-10-18)19-5-2-1-3-6-19)28-22-8-4-7-21(14-22)23-15-27(32)30-25-17-33-16-24(25)29-23/h1-12,14,16-17H,13,15H2,(H,28,31)(H,30,32). The van der Waals surface area contributed by atoms with Gasteiger partial charge in [0.25, 0.3) is 0 Å². The number of fused-ring (bicyclic) bond motifs is 1. The number of carbonyl (C=O) groups excluding carboxylic acids is 2. The second-order valence-corrected chi connectivity index (χ2v) is 8.57. The maximum absolute atomic E-state index is 12.7. The number of nitrogens with one attached hydrogen (secondary N) is 2. The molecule has 0 saturated carbocycles. The summed E-state index contributed by atoms with van der Waals surface area (Å²) in [6.45, 7) is 0. The Morgan fingerprint density at radius 3 is 2.48 bits per heavy atom. The molecule has 0 radical (unpaired) electrons. The molecule has 2 N–H and O–H groups in total. The Kier molecular flexibility index (Phi) is 5.83. The smallest absolute Gasteiger partial charge is 0.230 e. The molecule has 1 aromatic heterocycles. The quantitative estimate of drug-likeness (QED) is 0.387. The van der Waals surface area contributed by atoms with E-state index >= 15 is 0 Å². The van der Waals surface area contributed by atoms with Crippen molar-refractivity contribution in [2.75, 3.05) is 10.6 Å². The number of amides is 2. The van der Waals surface area contributed by atoms with Gasteiger partial charge in [0.1, 0.15) is 0 Å². The van der Waals surface area contributed by atoms with Crippen LogP contribution in [0.5, 0.6) is 0 Å². The van der Waals surface area contributed by atoms with E-state index in [2.05, 4.69) is 27.8 Å². The molecule has 1 aliphatic rings. The predicted octanol–water partition coefficient (Wildman–Crippen LogP) is 6.06. The van der Waals surface area contributed by atoms with Gasteiger partial charge in [-0.15, -0.1) is 11.3 Å². The first-order chi connectivity index (χ1) is 16.1. The Hall–Kier alpha value is -4.03. The maximum atomic E-state index is 12.7. The normalized spacial score (nSPS) is 12.8.